The average molecular weight is 394 g/mol. The maximum atomic E-state index is 14.1. The van der Waals surface area contributed by atoms with E-state index < -0.39 is 11.6 Å². The quantitative estimate of drug-likeness (QED) is 0.235. The van der Waals surface area contributed by atoms with Gasteiger partial charge in [-0.25, -0.2) is 8.78 Å². The van der Waals surface area contributed by atoms with E-state index in [2.05, 4.69) is 59.3 Å². The molecule has 1 aliphatic carbocycles. The molecular formula is C24H21F2NS. The predicted octanol–water partition coefficient (Wildman–Crippen LogP) is 6.81. The Hall–Kier alpha value is -2.60. The average Bonchev–Trinajstić information content (AvgIpc) is 2.68. The third kappa shape index (κ3) is 5.01. The van der Waals surface area contributed by atoms with Gasteiger partial charge in [-0.15, -0.1) is 0 Å². The molecule has 0 aliphatic heterocycles. The normalized spacial score (nSPS) is 12.3. The maximum absolute atomic E-state index is 14.1. The zero-order chi connectivity index (χ0) is 19.9. The second kappa shape index (κ2) is 9.55. The van der Waals surface area contributed by atoms with E-state index >= 15 is 0 Å². The van der Waals surface area contributed by atoms with E-state index in [0.717, 1.165) is 42.5 Å². The van der Waals surface area contributed by atoms with Gasteiger partial charge in [0.05, 0.1) is 16.4 Å². The van der Waals surface area contributed by atoms with Crippen LogP contribution in [0.15, 0.2) is 40.9 Å². The van der Waals surface area contributed by atoms with E-state index in [1.807, 2.05) is 6.08 Å². The molecule has 0 bridgehead atoms. The first kappa shape index (κ1) is 20.1. The first-order valence-electron chi connectivity index (χ1n) is 9.52. The van der Waals surface area contributed by atoms with E-state index in [9.17, 15) is 8.78 Å². The standard InChI is InChI=1S/C24H21F2NS/c1-2-3-4-5-17-6-9-20-13-18(7-10-19(20)12-17)8-11-22-23(25)14-21(27-16-28)15-24(22)26/h6,9,12-15H,2-5,7,10H2,1H3. The molecule has 1 nitrogen and oxygen atoms in total. The van der Waals surface area contributed by atoms with Crippen LogP contribution in [0.3, 0.4) is 0 Å². The van der Waals surface area contributed by atoms with Gasteiger partial charge in [-0.1, -0.05) is 49.8 Å². The summed E-state index contributed by atoms with van der Waals surface area (Å²) in [5.41, 5.74) is 4.56. The summed E-state index contributed by atoms with van der Waals surface area (Å²) in [6.07, 6.45) is 8.48. The lowest BCUT2D eigenvalue weighted by Gasteiger charge is -2.15. The first-order valence-corrected chi connectivity index (χ1v) is 9.93. The van der Waals surface area contributed by atoms with Gasteiger partial charge >= 0.3 is 0 Å². The van der Waals surface area contributed by atoms with Gasteiger partial charge < -0.3 is 0 Å². The number of benzene rings is 2. The van der Waals surface area contributed by atoms with Gasteiger partial charge in [-0.05, 0) is 60.7 Å². The van der Waals surface area contributed by atoms with Crippen molar-refractivity contribution in [1.29, 1.82) is 0 Å². The minimum Gasteiger partial charge on any atom is -0.205 e. The first-order chi connectivity index (χ1) is 13.6. The predicted molar refractivity (Wildman–Crippen MR) is 114 cm³/mol. The fraction of sp³-hybridized carbons (Fsp3) is 0.292. The Balaban J connectivity index is 1.80. The van der Waals surface area contributed by atoms with E-state index in [-0.39, 0.29) is 11.3 Å². The molecule has 0 spiro atoms. The molecule has 0 fully saturated rings. The molecule has 0 amide bonds. The van der Waals surface area contributed by atoms with Crippen LogP contribution in [0.25, 0.3) is 6.08 Å². The number of allylic oxidation sites excluding steroid dienone is 1. The smallest absolute Gasteiger partial charge is 0.143 e. The second-order valence-corrected chi connectivity index (χ2v) is 7.08. The molecular weight excluding hydrogens is 372 g/mol. The van der Waals surface area contributed by atoms with E-state index in [4.69, 9.17) is 0 Å². The van der Waals surface area contributed by atoms with Gasteiger partial charge in [0.15, 0.2) is 0 Å². The van der Waals surface area contributed by atoms with E-state index in [1.54, 1.807) is 0 Å². The van der Waals surface area contributed by atoms with Crippen LogP contribution >= 0.6 is 12.2 Å². The van der Waals surface area contributed by atoms with E-state index in [0.29, 0.717) is 0 Å². The highest BCUT2D eigenvalue weighted by Gasteiger charge is 2.12. The SMILES string of the molecule is CCCCCc1ccc2c(c1)CCC(C#Cc1c(F)cc(N=C=S)cc1F)=C2. The van der Waals surface area contributed by atoms with Crippen molar-refractivity contribution in [3.63, 3.8) is 0 Å². The lowest BCUT2D eigenvalue weighted by Crippen LogP contribution is -2.00. The second-order valence-electron chi connectivity index (χ2n) is 6.90. The summed E-state index contributed by atoms with van der Waals surface area (Å²) in [6, 6.07) is 8.78. The summed E-state index contributed by atoms with van der Waals surface area (Å²) in [4.78, 5) is 3.60. The summed E-state index contributed by atoms with van der Waals surface area (Å²) in [6.45, 7) is 2.21. The van der Waals surface area contributed by atoms with Gasteiger partial charge in [0, 0.05) is 17.7 Å². The number of rotatable bonds is 5. The molecule has 0 unspecified atom stereocenters. The van der Waals surface area contributed by atoms with Crippen molar-refractivity contribution >= 4 is 29.1 Å². The third-order valence-corrected chi connectivity index (χ3v) is 4.91. The molecule has 0 atom stereocenters. The molecule has 2 aromatic rings. The number of fused-ring (bicyclic) bond motifs is 1. The zero-order valence-electron chi connectivity index (χ0n) is 15.8. The number of aliphatic imine (C=N–C) groups is 1. The number of hydrogen-bond donors (Lipinski definition) is 0. The molecule has 28 heavy (non-hydrogen) atoms. The summed E-state index contributed by atoms with van der Waals surface area (Å²) in [7, 11) is 0. The van der Waals surface area contributed by atoms with Gasteiger partial charge in [0.2, 0.25) is 0 Å². The minimum absolute atomic E-state index is 0.0936. The van der Waals surface area contributed by atoms with Gasteiger partial charge in [-0.3, -0.25) is 0 Å². The molecule has 1 aliphatic rings. The molecule has 3 rings (SSSR count). The third-order valence-electron chi connectivity index (χ3n) is 4.82. The van der Waals surface area contributed by atoms with Gasteiger partial charge in [0.1, 0.15) is 11.6 Å². The van der Waals surface area contributed by atoms with Crippen LogP contribution < -0.4 is 0 Å². The Morgan fingerprint density at radius 3 is 2.54 bits per heavy atom. The molecule has 0 aromatic heterocycles. The minimum atomic E-state index is -0.745. The Bertz CT molecular complexity index is 998. The number of unbranched alkanes of at least 4 members (excludes halogenated alkanes) is 2. The van der Waals surface area contributed by atoms with Crippen molar-refractivity contribution in [2.75, 3.05) is 0 Å². The van der Waals surface area contributed by atoms with Crippen molar-refractivity contribution < 1.29 is 8.78 Å². The lowest BCUT2D eigenvalue weighted by atomic mass is 9.90. The zero-order valence-corrected chi connectivity index (χ0v) is 16.6. The number of aryl methyl sites for hydroxylation is 2. The molecule has 2 aromatic carbocycles. The number of hydrogen-bond acceptors (Lipinski definition) is 2. The highest BCUT2D eigenvalue weighted by atomic mass is 32.1. The van der Waals surface area contributed by atoms with E-state index in [1.165, 1.54) is 30.4 Å². The van der Waals surface area contributed by atoms with Crippen molar-refractivity contribution in [2.24, 2.45) is 4.99 Å². The summed E-state index contributed by atoms with van der Waals surface area (Å²) < 4.78 is 28.2. The number of halogens is 2. The number of thiocarbonyl (C=S) groups is 1. The van der Waals surface area contributed by atoms with Crippen molar-refractivity contribution in [2.45, 2.75) is 45.4 Å². The molecule has 0 saturated heterocycles. The Labute approximate surface area is 170 Å². The van der Waals surface area contributed by atoms with Crippen LogP contribution in [0.2, 0.25) is 0 Å². The van der Waals surface area contributed by atoms with Crippen LogP contribution in [0.4, 0.5) is 14.5 Å². The van der Waals surface area contributed by atoms with Crippen molar-refractivity contribution in [1.82, 2.24) is 0 Å². The largest absolute Gasteiger partial charge is 0.205 e. The topological polar surface area (TPSA) is 12.4 Å². The molecule has 4 heteroatoms. The van der Waals surface area contributed by atoms with Crippen LogP contribution in [0.5, 0.6) is 0 Å². The molecule has 0 saturated carbocycles. The van der Waals surface area contributed by atoms with Gasteiger partial charge in [-0.2, -0.15) is 4.99 Å². The molecule has 0 N–H and O–H groups in total. The highest BCUT2D eigenvalue weighted by Crippen LogP contribution is 2.26. The maximum Gasteiger partial charge on any atom is 0.143 e. The van der Waals surface area contributed by atoms with Crippen molar-refractivity contribution in [3.05, 3.63) is 69.8 Å². The fourth-order valence-corrected chi connectivity index (χ4v) is 3.42. The summed E-state index contributed by atoms with van der Waals surface area (Å²) in [5.74, 6) is 4.08. The summed E-state index contributed by atoms with van der Waals surface area (Å²) >= 11 is 4.46. The molecule has 142 valence electrons. The Morgan fingerprint density at radius 1 is 1.04 bits per heavy atom. The monoisotopic (exact) mass is 393 g/mol. The van der Waals surface area contributed by atoms with Crippen LogP contribution in [-0.2, 0) is 12.8 Å². The summed E-state index contributed by atoms with van der Waals surface area (Å²) in [5, 5.41) is 2.10. The fourth-order valence-electron chi connectivity index (χ4n) is 3.32. The number of isothiocyanates is 1. The lowest BCUT2D eigenvalue weighted by molar-refractivity contribution is 0.578. The highest BCUT2D eigenvalue weighted by molar-refractivity contribution is 7.78. The van der Waals surface area contributed by atoms with Crippen LogP contribution in [0, 0.1) is 23.5 Å². The molecule has 0 heterocycles. The van der Waals surface area contributed by atoms with Crippen molar-refractivity contribution in [3.8, 4) is 11.8 Å². The van der Waals surface area contributed by atoms with Crippen LogP contribution in [0.1, 0.15) is 54.9 Å². The Kier molecular flexibility index (Phi) is 6.87. The van der Waals surface area contributed by atoms with Crippen LogP contribution in [-0.4, -0.2) is 5.16 Å². The molecule has 0 radical (unpaired) electrons. The Morgan fingerprint density at radius 2 is 1.82 bits per heavy atom. The van der Waals surface area contributed by atoms with Gasteiger partial charge in [0.25, 0.3) is 0 Å². The number of nitrogens with zero attached hydrogens (tertiary/aromatic N) is 1.